The Morgan fingerprint density at radius 2 is 1.66 bits per heavy atom. The van der Waals surface area contributed by atoms with Crippen LogP contribution >= 0.6 is 11.6 Å². The molecule has 0 atom stereocenters. The van der Waals surface area contributed by atoms with Gasteiger partial charge in [0.2, 0.25) is 21.8 Å². The standard InChI is InChI=1S/C19H23ClN4O4S/c1-12-5-6-15(10-18(12)29(27,28)24(3)4)23-19(26)11-21-17-9-14(22-13(2)25)7-8-16(17)20/h5-10,21H,11H2,1-4H3,(H,22,25)(H,23,26). The van der Waals surface area contributed by atoms with Crippen molar-refractivity contribution in [1.82, 2.24) is 4.31 Å². The number of carbonyl (C=O) groups excluding carboxylic acids is 2. The van der Waals surface area contributed by atoms with E-state index in [4.69, 9.17) is 11.6 Å². The van der Waals surface area contributed by atoms with Gasteiger partial charge in [-0.25, -0.2) is 12.7 Å². The smallest absolute Gasteiger partial charge is 0.243 e. The summed E-state index contributed by atoms with van der Waals surface area (Å²) in [7, 11) is -0.733. The summed E-state index contributed by atoms with van der Waals surface area (Å²) in [6, 6.07) is 9.55. The van der Waals surface area contributed by atoms with E-state index >= 15 is 0 Å². The molecule has 0 aliphatic rings. The summed E-state index contributed by atoms with van der Waals surface area (Å²) in [4.78, 5) is 23.6. The fourth-order valence-corrected chi connectivity index (χ4v) is 3.80. The largest absolute Gasteiger partial charge is 0.375 e. The van der Waals surface area contributed by atoms with Gasteiger partial charge in [0.1, 0.15) is 0 Å². The van der Waals surface area contributed by atoms with Crippen LogP contribution in [0.25, 0.3) is 0 Å². The van der Waals surface area contributed by atoms with Crippen LogP contribution in [0.4, 0.5) is 17.1 Å². The summed E-state index contributed by atoms with van der Waals surface area (Å²) in [5.41, 5.74) is 1.96. The van der Waals surface area contributed by atoms with Crippen LogP contribution in [0.2, 0.25) is 5.02 Å². The highest BCUT2D eigenvalue weighted by atomic mass is 35.5. The zero-order chi connectivity index (χ0) is 21.8. The molecule has 0 bridgehead atoms. The monoisotopic (exact) mass is 438 g/mol. The molecule has 0 fully saturated rings. The van der Waals surface area contributed by atoms with E-state index in [0.29, 0.717) is 27.6 Å². The number of nitrogens with one attached hydrogen (secondary N) is 3. The van der Waals surface area contributed by atoms with Crippen molar-refractivity contribution in [3.8, 4) is 0 Å². The number of carbonyl (C=O) groups is 2. The first-order valence-electron chi connectivity index (χ1n) is 8.64. The fourth-order valence-electron chi connectivity index (χ4n) is 2.47. The molecule has 2 rings (SSSR count). The molecular formula is C19H23ClN4O4S. The summed E-state index contributed by atoms with van der Waals surface area (Å²) < 4.78 is 25.9. The third kappa shape index (κ3) is 5.93. The molecule has 0 heterocycles. The molecule has 0 saturated carbocycles. The first-order valence-corrected chi connectivity index (χ1v) is 10.5. The molecule has 0 unspecified atom stereocenters. The topological polar surface area (TPSA) is 108 Å². The zero-order valence-corrected chi connectivity index (χ0v) is 18.1. The first-order chi connectivity index (χ1) is 13.5. The normalized spacial score (nSPS) is 11.2. The minimum atomic E-state index is -3.63. The van der Waals surface area contributed by atoms with Gasteiger partial charge in [-0.05, 0) is 42.8 Å². The predicted molar refractivity (Wildman–Crippen MR) is 115 cm³/mol. The number of rotatable bonds is 7. The average molecular weight is 439 g/mol. The SMILES string of the molecule is CC(=O)Nc1ccc(Cl)c(NCC(=O)Nc2ccc(C)c(S(=O)(=O)N(C)C)c2)c1. The Morgan fingerprint density at radius 3 is 2.28 bits per heavy atom. The van der Waals surface area contributed by atoms with Gasteiger partial charge < -0.3 is 16.0 Å². The van der Waals surface area contributed by atoms with Crippen LogP contribution in [0.3, 0.4) is 0 Å². The van der Waals surface area contributed by atoms with Crippen molar-refractivity contribution < 1.29 is 18.0 Å². The summed E-state index contributed by atoms with van der Waals surface area (Å²) in [5, 5.41) is 8.59. The number of benzene rings is 2. The van der Waals surface area contributed by atoms with Crippen LogP contribution < -0.4 is 16.0 Å². The Balaban J connectivity index is 2.10. The highest BCUT2D eigenvalue weighted by Gasteiger charge is 2.20. The predicted octanol–water partition coefficient (Wildman–Crippen LogP) is 2.91. The first kappa shape index (κ1) is 22.7. The summed E-state index contributed by atoms with van der Waals surface area (Å²) in [5.74, 6) is -0.609. The molecule has 0 radical (unpaired) electrons. The summed E-state index contributed by atoms with van der Waals surface area (Å²) in [6.07, 6.45) is 0. The van der Waals surface area contributed by atoms with Gasteiger partial charge in [0.15, 0.2) is 0 Å². The Morgan fingerprint density at radius 1 is 1.03 bits per heavy atom. The molecule has 2 amide bonds. The number of hydrogen-bond donors (Lipinski definition) is 3. The minimum Gasteiger partial charge on any atom is -0.375 e. The van der Waals surface area contributed by atoms with Crippen molar-refractivity contribution in [2.45, 2.75) is 18.7 Å². The molecule has 0 aliphatic carbocycles. The average Bonchev–Trinajstić information content (AvgIpc) is 2.63. The summed E-state index contributed by atoms with van der Waals surface area (Å²) in [6.45, 7) is 2.97. The second-order valence-electron chi connectivity index (χ2n) is 6.55. The van der Waals surface area contributed by atoms with Gasteiger partial charge in [0.25, 0.3) is 0 Å². The van der Waals surface area contributed by atoms with Crippen LogP contribution in [-0.4, -0.2) is 45.2 Å². The van der Waals surface area contributed by atoms with Crippen molar-refractivity contribution in [3.63, 3.8) is 0 Å². The molecular weight excluding hydrogens is 416 g/mol. The minimum absolute atomic E-state index is 0.104. The van der Waals surface area contributed by atoms with Gasteiger partial charge in [-0.1, -0.05) is 17.7 Å². The molecule has 0 spiro atoms. The van der Waals surface area contributed by atoms with Gasteiger partial charge in [0.05, 0.1) is 22.2 Å². The lowest BCUT2D eigenvalue weighted by Gasteiger charge is -2.15. The Labute approximate surface area is 175 Å². The van der Waals surface area contributed by atoms with Crippen LogP contribution in [0.5, 0.6) is 0 Å². The molecule has 0 aromatic heterocycles. The van der Waals surface area contributed by atoms with E-state index in [1.165, 1.54) is 27.1 Å². The third-order valence-electron chi connectivity index (χ3n) is 3.96. The van der Waals surface area contributed by atoms with E-state index in [2.05, 4.69) is 16.0 Å². The molecule has 3 N–H and O–H groups in total. The van der Waals surface area contributed by atoms with E-state index in [-0.39, 0.29) is 23.3 Å². The van der Waals surface area contributed by atoms with Crippen molar-refractivity contribution in [3.05, 3.63) is 47.0 Å². The molecule has 8 nitrogen and oxygen atoms in total. The number of aryl methyl sites for hydroxylation is 1. The van der Waals surface area contributed by atoms with Gasteiger partial charge in [-0.15, -0.1) is 0 Å². The number of hydrogen-bond acceptors (Lipinski definition) is 5. The van der Waals surface area contributed by atoms with E-state index in [9.17, 15) is 18.0 Å². The van der Waals surface area contributed by atoms with Crippen LogP contribution in [0, 0.1) is 6.92 Å². The molecule has 0 aliphatic heterocycles. The lowest BCUT2D eigenvalue weighted by molar-refractivity contribution is -0.115. The number of anilines is 3. The number of amides is 2. The quantitative estimate of drug-likeness (QED) is 0.616. The molecule has 10 heteroatoms. The molecule has 2 aromatic rings. The number of nitrogens with zero attached hydrogens (tertiary/aromatic N) is 1. The van der Waals surface area contributed by atoms with Crippen LogP contribution in [0.1, 0.15) is 12.5 Å². The number of sulfonamides is 1. The maximum Gasteiger partial charge on any atom is 0.243 e. The maximum absolute atomic E-state index is 12.4. The van der Waals surface area contributed by atoms with Crippen LogP contribution in [0.15, 0.2) is 41.3 Å². The van der Waals surface area contributed by atoms with E-state index < -0.39 is 10.0 Å². The molecule has 0 saturated heterocycles. The molecule has 156 valence electrons. The van der Waals surface area contributed by atoms with E-state index in [1.54, 1.807) is 37.3 Å². The van der Waals surface area contributed by atoms with Crippen molar-refractivity contribution in [1.29, 1.82) is 0 Å². The maximum atomic E-state index is 12.4. The van der Waals surface area contributed by atoms with Crippen molar-refractivity contribution in [2.75, 3.05) is 36.6 Å². The third-order valence-corrected chi connectivity index (χ3v) is 6.24. The fraction of sp³-hybridized carbons (Fsp3) is 0.263. The second kappa shape index (κ2) is 9.25. The Kier molecular flexibility index (Phi) is 7.23. The summed E-state index contributed by atoms with van der Waals surface area (Å²) >= 11 is 6.12. The molecule has 2 aromatic carbocycles. The zero-order valence-electron chi connectivity index (χ0n) is 16.5. The second-order valence-corrected chi connectivity index (χ2v) is 9.07. The Bertz CT molecular complexity index is 1040. The van der Waals surface area contributed by atoms with E-state index in [0.717, 1.165) is 4.31 Å². The highest BCUT2D eigenvalue weighted by molar-refractivity contribution is 7.89. The van der Waals surface area contributed by atoms with E-state index in [1.807, 2.05) is 0 Å². The molecule has 29 heavy (non-hydrogen) atoms. The lowest BCUT2D eigenvalue weighted by Crippen LogP contribution is -2.24. The Hall–Kier alpha value is -2.62. The highest BCUT2D eigenvalue weighted by Crippen LogP contribution is 2.26. The van der Waals surface area contributed by atoms with Gasteiger partial charge in [0, 0.05) is 32.4 Å². The number of halogens is 1. The van der Waals surface area contributed by atoms with Gasteiger partial charge in [-0.2, -0.15) is 0 Å². The van der Waals surface area contributed by atoms with Crippen LogP contribution in [-0.2, 0) is 19.6 Å². The van der Waals surface area contributed by atoms with Crippen molar-refractivity contribution in [2.24, 2.45) is 0 Å². The van der Waals surface area contributed by atoms with Gasteiger partial charge >= 0.3 is 0 Å². The lowest BCUT2D eigenvalue weighted by atomic mass is 10.2. The van der Waals surface area contributed by atoms with Gasteiger partial charge in [-0.3, -0.25) is 9.59 Å². The van der Waals surface area contributed by atoms with Crippen molar-refractivity contribution >= 4 is 50.5 Å².